The number of amides is 2. The van der Waals surface area contributed by atoms with Gasteiger partial charge >= 0.3 is 12.2 Å². The summed E-state index contributed by atoms with van der Waals surface area (Å²) in [4.78, 5) is 22.6. The van der Waals surface area contributed by atoms with Crippen LogP contribution in [0.1, 0.15) is 25.5 Å². The Labute approximate surface area is 183 Å². The van der Waals surface area contributed by atoms with Crippen LogP contribution in [0, 0.1) is 0 Å². The lowest BCUT2D eigenvalue weighted by Gasteiger charge is -2.30. The number of carbonyl (C=O) groups excluding carboxylic acids is 1. The number of carbonyl (C=O) groups is 1. The molecule has 170 valence electrons. The van der Waals surface area contributed by atoms with E-state index in [1.807, 2.05) is 23.5 Å². The molecule has 2 atom stereocenters. The van der Waals surface area contributed by atoms with Crippen LogP contribution in [0.25, 0.3) is 16.9 Å². The highest BCUT2D eigenvalue weighted by Crippen LogP contribution is 2.28. The lowest BCUT2D eigenvalue weighted by atomic mass is 10.0. The number of fused-ring (bicyclic) bond motifs is 1. The average Bonchev–Trinajstić information content (AvgIpc) is 3.25. The molecule has 0 radical (unpaired) electrons. The fraction of sp³-hybridized carbons (Fsp3) is 0.318. The standard InChI is InChI=1S/C22H24F3N5O2/c1-5-18(22(23,24)25)28-21(31)30(6-2)14(3)15-8-7-9-16(12-15)17-13-29-11-10-26-19(29)20(27-17)32-4/h5,7-14,18H,1,6H2,2-4H3,(H,28,31). The molecule has 0 saturated heterocycles. The van der Waals surface area contributed by atoms with Gasteiger partial charge in [0.15, 0.2) is 5.65 Å². The zero-order valence-electron chi connectivity index (χ0n) is 17.9. The van der Waals surface area contributed by atoms with Crippen molar-refractivity contribution in [1.29, 1.82) is 0 Å². The van der Waals surface area contributed by atoms with Crippen molar-refractivity contribution in [3.63, 3.8) is 0 Å². The van der Waals surface area contributed by atoms with E-state index >= 15 is 0 Å². The van der Waals surface area contributed by atoms with E-state index in [2.05, 4.69) is 16.5 Å². The number of hydrogen-bond donors (Lipinski definition) is 1. The summed E-state index contributed by atoms with van der Waals surface area (Å²) in [6.45, 7) is 6.84. The molecule has 10 heteroatoms. The number of imidazole rings is 1. The van der Waals surface area contributed by atoms with Gasteiger partial charge in [0.25, 0.3) is 5.88 Å². The van der Waals surface area contributed by atoms with Crippen molar-refractivity contribution < 1.29 is 22.7 Å². The van der Waals surface area contributed by atoms with Crippen molar-refractivity contribution in [3.05, 3.63) is 61.1 Å². The van der Waals surface area contributed by atoms with E-state index in [9.17, 15) is 18.0 Å². The molecule has 0 spiro atoms. The summed E-state index contributed by atoms with van der Waals surface area (Å²) in [5.74, 6) is 0.364. The van der Waals surface area contributed by atoms with Crippen LogP contribution in [0.4, 0.5) is 18.0 Å². The molecule has 2 unspecified atom stereocenters. The number of methoxy groups -OCH3 is 1. The van der Waals surface area contributed by atoms with Crippen LogP contribution in [-0.4, -0.2) is 51.2 Å². The molecule has 2 aromatic heterocycles. The number of alkyl halides is 3. The maximum absolute atomic E-state index is 13.0. The predicted molar refractivity (Wildman–Crippen MR) is 114 cm³/mol. The number of halogens is 3. The third-order valence-corrected chi connectivity index (χ3v) is 5.14. The smallest absolute Gasteiger partial charge is 0.412 e. The first-order chi connectivity index (χ1) is 15.2. The Balaban J connectivity index is 1.89. The number of nitrogens with one attached hydrogen (secondary N) is 1. The minimum absolute atomic E-state index is 0.214. The molecule has 0 saturated carbocycles. The fourth-order valence-electron chi connectivity index (χ4n) is 3.40. The highest BCUT2D eigenvalue weighted by atomic mass is 19.4. The Bertz CT molecular complexity index is 1110. The lowest BCUT2D eigenvalue weighted by molar-refractivity contribution is -0.142. The summed E-state index contributed by atoms with van der Waals surface area (Å²) >= 11 is 0. The molecular formula is C22H24F3N5O2. The molecule has 0 aliphatic carbocycles. The van der Waals surface area contributed by atoms with E-state index < -0.39 is 24.3 Å². The number of rotatable bonds is 7. The van der Waals surface area contributed by atoms with E-state index in [1.54, 1.807) is 42.9 Å². The second kappa shape index (κ2) is 9.29. The first-order valence-corrected chi connectivity index (χ1v) is 9.94. The molecule has 1 aromatic carbocycles. The molecule has 0 aliphatic heterocycles. The summed E-state index contributed by atoms with van der Waals surface area (Å²) in [6.07, 6.45) is 1.27. The Kier molecular flexibility index (Phi) is 6.71. The van der Waals surface area contributed by atoms with E-state index in [4.69, 9.17) is 4.74 Å². The van der Waals surface area contributed by atoms with Gasteiger partial charge in [-0.2, -0.15) is 13.2 Å². The number of ether oxygens (including phenoxy) is 1. The first kappa shape index (κ1) is 23.1. The van der Waals surface area contributed by atoms with Crippen molar-refractivity contribution in [2.75, 3.05) is 13.7 Å². The number of nitrogens with zero attached hydrogens (tertiary/aromatic N) is 4. The molecule has 0 bridgehead atoms. The van der Waals surface area contributed by atoms with Crippen molar-refractivity contribution >= 4 is 11.7 Å². The van der Waals surface area contributed by atoms with Crippen molar-refractivity contribution in [3.8, 4) is 17.1 Å². The topological polar surface area (TPSA) is 71.8 Å². The summed E-state index contributed by atoms with van der Waals surface area (Å²) in [5.41, 5.74) is 2.71. The highest BCUT2D eigenvalue weighted by molar-refractivity contribution is 5.75. The molecule has 1 N–H and O–H groups in total. The SMILES string of the molecule is C=CC(NC(=O)N(CC)C(C)c1cccc(-c2cn3ccnc3c(OC)n2)c1)C(F)(F)F. The summed E-state index contributed by atoms with van der Waals surface area (Å²) in [5, 5.41) is 1.99. The molecule has 0 aliphatic rings. The molecular weight excluding hydrogens is 423 g/mol. The lowest BCUT2D eigenvalue weighted by Crippen LogP contribution is -2.50. The third kappa shape index (κ3) is 4.68. The zero-order valence-corrected chi connectivity index (χ0v) is 17.9. The van der Waals surface area contributed by atoms with E-state index in [-0.39, 0.29) is 6.54 Å². The van der Waals surface area contributed by atoms with Crippen LogP contribution in [0.3, 0.4) is 0 Å². The van der Waals surface area contributed by atoms with Gasteiger partial charge in [-0.25, -0.2) is 14.8 Å². The Morgan fingerprint density at radius 3 is 2.78 bits per heavy atom. The van der Waals surface area contributed by atoms with Gasteiger partial charge in [0.2, 0.25) is 0 Å². The van der Waals surface area contributed by atoms with Crippen LogP contribution < -0.4 is 10.1 Å². The van der Waals surface area contributed by atoms with Crippen LogP contribution in [0.2, 0.25) is 0 Å². The Morgan fingerprint density at radius 1 is 1.41 bits per heavy atom. The van der Waals surface area contributed by atoms with Crippen molar-refractivity contribution in [2.45, 2.75) is 32.1 Å². The van der Waals surface area contributed by atoms with Gasteiger partial charge in [0, 0.05) is 30.7 Å². The second-order valence-electron chi connectivity index (χ2n) is 7.09. The summed E-state index contributed by atoms with van der Waals surface area (Å²) in [6, 6.07) is 3.88. The Hall–Kier alpha value is -3.56. The van der Waals surface area contributed by atoms with Crippen LogP contribution in [-0.2, 0) is 0 Å². The molecule has 7 nitrogen and oxygen atoms in total. The van der Waals surface area contributed by atoms with Gasteiger partial charge in [-0.3, -0.25) is 0 Å². The van der Waals surface area contributed by atoms with Gasteiger partial charge in [-0.15, -0.1) is 6.58 Å². The van der Waals surface area contributed by atoms with E-state index in [0.29, 0.717) is 23.3 Å². The number of aromatic nitrogens is 3. The molecule has 0 fully saturated rings. The van der Waals surface area contributed by atoms with Crippen LogP contribution in [0.15, 0.2) is 55.5 Å². The Morgan fingerprint density at radius 2 is 2.16 bits per heavy atom. The maximum Gasteiger partial charge on any atom is 0.412 e. The first-order valence-electron chi connectivity index (χ1n) is 9.94. The minimum atomic E-state index is -4.61. The van der Waals surface area contributed by atoms with E-state index in [0.717, 1.165) is 11.1 Å². The molecule has 3 rings (SSSR count). The largest absolute Gasteiger partial charge is 0.478 e. The zero-order chi connectivity index (χ0) is 23.5. The monoisotopic (exact) mass is 447 g/mol. The number of benzene rings is 1. The quantitative estimate of drug-likeness (QED) is 0.537. The van der Waals surface area contributed by atoms with Gasteiger partial charge in [0.05, 0.1) is 18.8 Å². The number of hydrogen-bond acceptors (Lipinski definition) is 4. The highest BCUT2D eigenvalue weighted by Gasteiger charge is 2.39. The van der Waals surface area contributed by atoms with Gasteiger partial charge in [-0.05, 0) is 25.5 Å². The second-order valence-corrected chi connectivity index (χ2v) is 7.09. The average molecular weight is 447 g/mol. The van der Waals surface area contributed by atoms with Gasteiger partial charge in [-0.1, -0.05) is 24.3 Å². The fourth-order valence-corrected chi connectivity index (χ4v) is 3.40. The van der Waals surface area contributed by atoms with Gasteiger partial charge in [0.1, 0.15) is 6.04 Å². The van der Waals surface area contributed by atoms with Gasteiger partial charge < -0.3 is 19.4 Å². The third-order valence-electron chi connectivity index (χ3n) is 5.14. The molecule has 2 heterocycles. The molecule has 32 heavy (non-hydrogen) atoms. The van der Waals surface area contributed by atoms with Crippen LogP contribution in [0.5, 0.6) is 5.88 Å². The minimum Gasteiger partial charge on any atom is -0.478 e. The van der Waals surface area contributed by atoms with Crippen molar-refractivity contribution in [1.82, 2.24) is 24.6 Å². The molecule has 2 amide bonds. The summed E-state index contributed by atoms with van der Waals surface area (Å²) in [7, 11) is 1.51. The maximum atomic E-state index is 13.0. The summed E-state index contributed by atoms with van der Waals surface area (Å²) < 4.78 is 46.2. The predicted octanol–water partition coefficient (Wildman–Crippen LogP) is 4.61. The van der Waals surface area contributed by atoms with E-state index in [1.165, 1.54) is 12.0 Å². The normalized spacial score (nSPS) is 13.4. The van der Waals surface area contributed by atoms with Crippen LogP contribution >= 0.6 is 0 Å². The van der Waals surface area contributed by atoms with Crippen molar-refractivity contribution in [2.24, 2.45) is 0 Å². The molecule has 3 aromatic rings. The number of urea groups is 1.